The molecule has 1 atom stereocenters. The number of ether oxygens (including phenoxy) is 1. The second kappa shape index (κ2) is 10.3. The molecule has 3 aromatic rings. The summed E-state index contributed by atoms with van der Waals surface area (Å²) < 4.78 is 5.01. The molecule has 1 aromatic carbocycles. The van der Waals surface area contributed by atoms with Gasteiger partial charge >= 0.3 is 5.97 Å². The van der Waals surface area contributed by atoms with E-state index in [2.05, 4.69) is 25.5 Å². The van der Waals surface area contributed by atoms with Crippen molar-refractivity contribution in [3.63, 3.8) is 0 Å². The Balaban J connectivity index is 1.65. The van der Waals surface area contributed by atoms with E-state index in [4.69, 9.17) is 4.74 Å². The normalized spacial score (nSPS) is 11.7. The zero-order valence-electron chi connectivity index (χ0n) is 16.8. The Morgan fingerprint density at radius 2 is 1.97 bits per heavy atom. The van der Waals surface area contributed by atoms with E-state index in [1.807, 2.05) is 37.3 Å². The average Bonchev–Trinajstić information content (AvgIpc) is 3.13. The summed E-state index contributed by atoms with van der Waals surface area (Å²) in [5.74, 6) is -0.671. The van der Waals surface area contributed by atoms with E-state index in [-0.39, 0.29) is 12.5 Å². The number of hydrogen-bond donors (Lipinski definition) is 1. The topological polar surface area (TPSA) is 107 Å². The summed E-state index contributed by atoms with van der Waals surface area (Å²) in [4.78, 5) is 33.6. The molecule has 0 spiro atoms. The lowest BCUT2D eigenvalue weighted by Gasteiger charge is -2.12. The second-order valence-corrected chi connectivity index (χ2v) is 8.32. The van der Waals surface area contributed by atoms with Crippen molar-refractivity contribution < 1.29 is 14.3 Å². The van der Waals surface area contributed by atoms with Crippen molar-refractivity contribution in [3.8, 4) is 11.3 Å². The maximum atomic E-state index is 12.7. The van der Waals surface area contributed by atoms with E-state index in [1.165, 1.54) is 11.8 Å². The summed E-state index contributed by atoms with van der Waals surface area (Å²) in [7, 11) is 0. The molecule has 3 rings (SSSR count). The molecule has 8 nitrogen and oxygen atoms in total. The summed E-state index contributed by atoms with van der Waals surface area (Å²) in [6.07, 6.45) is 2.21. The third-order valence-corrected chi connectivity index (χ3v) is 6.29. The van der Waals surface area contributed by atoms with Crippen LogP contribution in [0.15, 0.2) is 41.7 Å². The van der Waals surface area contributed by atoms with E-state index >= 15 is 0 Å². The Labute approximate surface area is 182 Å². The van der Waals surface area contributed by atoms with Crippen LogP contribution in [-0.4, -0.2) is 43.9 Å². The highest BCUT2D eigenvalue weighted by Gasteiger charge is 2.23. The molecule has 156 valence electrons. The van der Waals surface area contributed by atoms with Gasteiger partial charge in [0.1, 0.15) is 10.6 Å². The smallest absolute Gasteiger partial charge is 0.350 e. The fourth-order valence-electron chi connectivity index (χ4n) is 2.53. The molecule has 0 fully saturated rings. The minimum atomic E-state index is -0.438. The van der Waals surface area contributed by atoms with Crippen LogP contribution in [0.1, 0.15) is 35.6 Å². The van der Waals surface area contributed by atoms with Gasteiger partial charge in [-0.2, -0.15) is 0 Å². The predicted octanol–water partition coefficient (Wildman–Crippen LogP) is 3.99. The molecule has 0 radical (unpaired) electrons. The molecule has 0 aliphatic rings. The Morgan fingerprint density at radius 1 is 1.20 bits per heavy atom. The van der Waals surface area contributed by atoms with Crippen molar-refractivity contribution >= 4 is 40.1 Å². The van der Waals surface area contributed by atoms with Crippen molar-refractivity contribution in [3.05, 3.63) is 47.1 Å². The van der Waals surface area contributed by atoms with Crippen LogP contribution in [0.2, 0.25) is 0 Å². The molecule has 10 heteroatoms. The highest BCUT2D eigenvalue weighted by molar-refractivity contribution is 8.00. The van der Waals surface area contributed by atoms with Crippen LogP contribution < -0.4 is 5.32 Å². The summed E-state index contributed by atoms with van der Waals surface area (Å²) in [6, 6.07) is 9.64. The number of thiazole rings is 1. The third kappa shape index (κ3) is 5.39. The zero-order chi connectivity index (χ0) is 21.5. The van der Waals surface area contributed by atoms with Crippen molar-refractivity contribution in [2.75, 3.05) is 11.9 Å². The first kappa shape index (κ1) is 21.8. The molecule has 0 aliphatic heterocycles. The molecule has 1 amide bonds. The summed E-state index contributed by atoms with van der Waals surface area (Å²) in [5.41, 5.74) is 2.12. The number of aromatic nitrogens is 4. The number of carbonyl (C=O) groups is 2. The van der Waals surface area contributed by atoms with Crippen molar-refractivity contribution in [2.24, 2.45) is 0 Å². The van der Waals surface area contributed by atoms with Crippen molar-refractivity contribution in [2.45, 2.75) is 37.6 Å². The molecule has 0 unspecified atom stereocenters. The first-order valence-electron chi connectivity index (χ1n) is 9.39. The lowest BCUT2D eigenvalue weighted by Crippen LogP contribution is -2.24. The van der Waals surface area contributed by atoms with E-state index in [0.717, 1.165) is 16.9 Å². The molecule has 2 heterocycles. The van der Waals surface area contributed by atoms with E-state index in [9.17, 15) is 9.59 Å². The van der Waals surface area contributed by atoms with Crippen LogP contribution in [0.5, 0.6) is 0 Å². The Morgan fingerprint density at radius 3 is 2.60 bits per heavy atom. The minimum absolute atomic E-state index is 0.234. The number of carbonyl (C=O) groups excluding carboxylic acids is 2. The molecule has 0 saturated heterocycles. The first-order chi connectivity index (χ1) is 14.5. The standard InChI is InChI=1S/C20H21N5O3S2/c1-4-15(17(26)23-20-22-12(3)16(30-20)18(27)28-5-2)29-19-21-11-14(24-25-19)13-9-7-6-8-10-13/h6-11,15H,4-5H2,1-3H3,(H,22,23,26)/t15-/m1/s1. The summed E-state index contributed by atoms with van der Waals surface area (Å²) >= 11 is 2.33. The van der Waals surface area contributed by atoms with Crippen LogP contribution in [0.4, 0.5) is 5.13 Å². The molecular weight excluding hydrogens is 422 g/mol. The molecule has 1 N–H and O–H groups in total. The van der Waals surface area contributed by atoms with Gasteiger partial charge in [-0.15, -0.1) is 10.2 Å². The van der Waals surface area contributed by atoms with Crippen LogP contribution in [0, 0.1) is 6.92 Å². The number of esters is 1. The molecule has 30 heavy (non-hydrogen) atoms. The van der Waals surface area contributed by atoms with Crippen molar-refractivity contribution in [1.82, 2.24) is 20.2 Å². The Bertz CT molecular complexity index is 1010. The zero-order valence-corrected chi connectivity index (χ0v) is 18.4. The number of hydrogen-bond acceptors (Lipinski definition) is 9. The number of nitrogens with one attached hydrogen (secondary N) is 1. The van der Waals surface area contributed by atoms with Gasteiger partial charge < -0.3 is 10.1 Å². The lowest BCUT2D eigenvalue weighted by atomic mass is 10.2. The van der Waals surface area contributed by atoms with Gasteiger partial charge in [-0.1, -0.05) is 60.4 Å². The number of aryl methyl sites for hydroxylation is 1. The van der Waals surface area contributed by atoms with Gasteiger partial charge in [-0.25, -0.2) is 14.8 Å². The highest BCUT2D eigenvalue weighted by Crippen LogP contribution is 2.27. The van der Waals surface area contributed by atoms with E-state index in [1.54, 1.807) is 20.0 Å². The van der Waals surface area contributed by atoms with Gasteiger partial charge in [0.05, 0.1) is 23.7 Å². The van der Waals surface area contributed by atoms with Gasteiger partial charge in [0.2, 0.25) is 11.1 Å². The van der Waals surface area contributed by atoms with Gasteiger partial charge in [-0.05, 0) is 20.3 Å². The van der Waals surface area contributed by atoms with E-state index < -0.39 is 11.2 Å². The highest BCUT2D eigenvalue weighted by atomic mass is 32.2. The number of anilines is 1. The number of nitrogens with zero attached hydrogens (tertiary/aromatic N) is 4. The van der Waals surface area contributed by atoms with Crippen LogP contribution in [-0.2, 0) is 9.53 Å². The lowest BCUT2D eigenvalue weighted by molar-refractivity contribution is -0.115. The molecule has 0 saturated carbocycles. The van der Waals surface area contributed by atoms with Crippen LogP contribution in [0.3, 0.4) is 0 Å². The molecular formula is C20H21N5O3S2. The fraction of sp³-hybridized carbons (Fsp3) is 0.300. The largest absolute Gasteiger partial charge is 0.462 e. The average molecular weight is 444 g/mol. The fourth-order valence-corrected chi connectivity index (χ4v) is 4.18. The predicted molar refractivity (Wildman–Crippen MR) is 117 cm³/mol. The molecule has 0 aliphatic carbocycles. The van der Waals surface area contributed by atoms with Crippen LogP contribution >= 0.6 is 23.1 Å². The third-order valence-electron chi connectivity index (χ3n) is 4.01. The quantitative estimate of drug-likeness (QED) is 0.411. The SMILES string of the molecule is CCOC(=O)c1sc(NC(=O)[C@@H](CC)Sc2ncc(-c3ccccc3)nn2)nc1C. The number of benzene rings is 1. The summed E-state index contributed by atoms with van der Waals surface area (Å²) in [6.45, 7) is 5.63. The Kier molecular flexibility index (Phi) is 7.47. The minimum Gasteiger partial charge on any atom is -0.462 e. The number of amides is 1. The number of thioether (sulfide) groups is 1. The number of rotatable bonds is 8. The van der Waals surface area contributed by atoms with Gasteiger partial charge in [-0.3, -0.25) is 4.79 Å². The monoisotopic (exact) mass is 443 g/mol. The second-order valence-electron chi connectivity index (χ2n) is 6.15. The van der Waals surface area contributed by atoms with Crippen molar-refractivity contribution in [1.29, 1.82) is 0 Å². The first-order valence-corrected chi connectivity index (χ1v) is 11.1. The maximum absolute atomic E-state index is 12.7. The van der Waals surface area contributed by atoms with E-state index in [0.29, 0.717) is 33.0 Å². The summed E-state index contributed by atoms with van der Waals surface area (Å²) in [5, 5.41) is 11.5. The molecule has 2 aromatic heterocycles. The Hall–Kier alpha value is -2.85. The molecule has 0 bridgehead atoms. The van der Waals surface area contributed by atoms with Gasteiger partial charge in [0.25, 0.3) is 0 Å². The van der Waals surface area contributed by atoms with Crippen LogP contribution in [0.25, 0.3) is 11.3 Å². The maximum Gasteiger partial charge on any atom is 0.350 e. The van der Waals surface area contributed by atoms with Gasteiger partial charge in [0, 0.05) is 5.56 Å². The van der Waals surface area contributed by atoms with Gasteiger partial charge in [0.15, 0.2) is 5.13 Å².